The smallest absolute Gasteiger partial charge is 0.291 e. The molecule has 3 aromatic rings. The van der Waals surface area contributed by atoms with E-state index >= 15 is 0 Å². The van der Waals surface area contributed by atoms with Crippen LogP contribution in [0.5, 0.6) is 5.75 Å². The van der Waals surface area contributed by atoms with Gasteiger partial charge in [-0.15, -0.1) is 0 Å². The first-order valence-corrected chi connectivity index (χ1v) is 10.00. The summed E-state index contributed by atoms with van der Waals surface area (Å²) in [5.74, 6) is 0.840. The number of benzene rings is 2. The molecule has 0 aliphatic rings. The lowest BCUT2D eigenvalue weighted by atomic mass is 10.2. The molecular weight excluding hydrogens is 380 g/mol. The minimum Gasteiger partial charge on any atom is -0.494 e. The van der Waals surface area contributed by atoms with Crippen LogP contribution < -0.4 is 15.4 Å². The van der Waals surface area contributed by atoms with E-state index in [4.69, 9.17) is 9.15 Å². The summed E-state index contributed by atoms with van der Waals surface area (Å²) in [5, 5.41) is 5.67. The maximum absolute atomic E-state index is 12.0. The number of unbranched alkanes of at least 4 members (excludes halogenated alkanes) is 1. The molecule has 0 spiro atoms. The summed E-state index contributed by atoms with van der Waals surface area (Å²) in [4.78, 5) is 24.0. The maximum atomic E-state index is 12.0. The number of aryl methyl sites for hydroxylation is 1. The predicted molar refractivity (Wildman–Crippen MR) is 115 cm³/mol. The average molecular weight is 406 g/mol. The fourth-order valence-corrected chi connectivity index (χ4v) is 2.88. The largest absolute Gasteiger partial charge is 0.494 e. The van der Waals surface area contributed by atoms with Crippen molar-refractivity contribution in [3.05, 3.63) is 83.8 Å². The van der Waals surface area contributed by atoms with Crippen LogP contribution in [0.4, 0.5) is 5.69 Å². The second-order valence-electron chi connectivity index (χ2n) is 7.03. The van der Waals surface area contributed by atoms with E-state index < -0.39 is 0 Å². The number of nitrogens with one attached hydrogen (secondary N) is 2. The number of carbonyl (C=O) groups is 2. The van der Waals surface area contributed by atoms with Gasteiger partial charge < -0.3 is 19.8 Å². The van der Waals surface area contributed by atoms with Crippen molar-refractivity contribution in [1.29, 1.82) is 0 Å². The lowest BCUT2D eigenvalue weighted by Gasteiger charge is -2.08. The van der Waals surface area contributed by atoms with Crippen molar-refractivity contribution in [3.8, 4) is 5.75 Å². The Labute approximate surface area is 176 Å². The highest BCUT2D eigenvalue weighted by Gasteiger charge is 2.08. The van der Waals surface area contributed by atoms with Crippen molar-refractivity contribution >= 4 is 17.5 Å². The molecule has 6 nitrogen and oxygen atoms in total. The predicted octanol–water partition coefficient (Wildman–Crippen LogP) is 4.71. The van der Waals surface area contributed by atoms with Gasteiger partial charge in [-0.1, -0.05) is 24.3 Å². The number of carbonyl (C=O) groups excluding carboxylic acids is 2. The van der Waals surface area contributed by atoms with Gasteiger partial charge in [0.25, 0.3) is 5.91 Å². The molecular formula is C24H26N2O4. The van der Waals surface area contributed by atoms with E-state index in [9.17, 15) is 9.59 Å². The Balaban J connectivity index is 1.31. The minimum atomic E-state index is -0.299. The molecule has 0 fully saturated rings. The zero-order valence-electron chi connectivity index (χ0n) is 17.0. The fourth-order valence-electron chi connectivity index (χ4n) is 2.88. The van der Waals surface area contributed by atoms with E-state index in [0.29, 0.717) is 25.3 Å². The van der Waals surface area contributed by atoms with Crippen LogP contribution in [0.2, 0.25) is 0 Å². The van der Waals surface area contributed by atoms with E-state index in [1.54, 1.807) is 24.3 Å². The molecule has 0 saturated heterocycles. The summed E-state index contributed by atoms with van der Waals surface area (Å²) >= 11 is 0. The number of rotatable bonds is 10. The van der Waals surface area contributed by atoms with Crippen LogP contribution in [0.15, 0.2) is 71.3 Å². The van der Waals surface area contributed by atoms with Crippen molar-refractivity contribution in [2.75, 3.05) is 11.9 Å². The molecule has 0 atom stereocenters. The highest BCUT2D eigenvalue weighted by Crippen LogP contribution is 2.13. The van der Waals surface area contributed by atoms with E-state index in [2.05, 4.69) is 10.6 Å². The molecule has 0 bridgehead atoms. The Morgan fingerprint density at radius 2 is 1.83 bits per heavy atom. The molecule has 30 heavy (non-hydrogen) atoms. The monoisotopic (exact) mass is 406 g/mol. The molecule has 1 aromatic heterocycles. The zero-order chi connectivity index (χ0) is 21.2. The maximum Gasteiger partial charge on any atom is 0.291 e. The topological polar surface area (TPSA) is 80.6 Å². The number of amides is 2. The Morgan fingerprint density at radius 3 is 2.57 bits per heavy atom. The lowest BCUT2D eigenvalue weighted by molar-refractivity contribution is -0.121. The zero-order valence-corrected chi connectivity index (χ0v) is 17.0. The van der Waals surface area contributed by atoms with E-state index in [1.165, 1.54) is 11.8 Å². The summed E-state index contributed by atoms with van der Waals surface area (Å²) < 4.78 is 10.8. The molecule has 156 valence electrons. The third-order valence-corrected chi connectivity index (χ3v) is 4.50. The molecule has 2 N–H and O–H groups in total. The SMILES string of the molecule is Cc1cccc(OCCCCC(=O)NCc2ccc(NC(=O)c3ccco3)cc2)c1. The van der Waals surface area contributed by atoms with Crippen molar-refractivity contribution < 1.29 is 18.7 Å². The van der Waals surface area contributed by atoms with Gasteiger partial charge in [0, 0.05) is 18.7 Å². The normalized spacial score (nSPS) is 10.4. The standard InChI is InChI=1S/C24H26N2O4/c1-18-6-4-7-21(16-18)29-14-3-2-9-23(27)25-17-19-10-12-20(13-11-19)26-24(28)22-8-5-15-30-22/h4-8,10-13,15-16H,2-3,9,14,17H2,1H3,(H,25,27)(H,26,28). The third-order valence-electron chi connectivity index (χ3n) is 4.50. The summed E-state index contributed by atoms with van der Waals surface area (Å²) in [7, 11) is 0. The Bertz CT molecular complexity index is 950. The van der Waals surface area contributed by atoms with Gasteiger partial charge in [-0.05, 0) is 67.3 Å². The molecule has 0 aliphatic carbocycles. The van der Waals surface area contributed by atoms with Crippen LogP contribution >= 0.6 is 0 Å². The highest BCUT2D eigenvalue weighted by molar-refractivity contribution is 6.02. The molecule has 0 unspecified atom stereocenters. The summed E-state index contributed by atoms with van der Waals surface area (Å²) in [6.45, 7) is 3.08. The molecule has 1 heterocycles. The number of ether oxygens (including phenoxy) is 1. The van der Waals surface area contributed by atoms with Crippen LogP contribution in [0.25, 0.3) is 0 Å². The van der Waals surface area contributed by atoms with Crippen LogP contribution in [0.1, 0.15) is 40.9 Å². The Hall–Kier alpha value is -3.54. The second-order valence-corrected chi connectivity index (χ2v) is 7.03. The van der Waals surface area contributed by atoms with Crippen LogP contribution in [0, 0.1) is 6.92 Å². The van der Waals surface area contributed by atoms with Crippen LogP contribution in [0.3, 0.4) is 0 Å². The number of hydrogen-bond donors (Lipinski definition) is 2. The summed E-state index contributed by atoms with van der Waals surface area (Å²) in [5.41, 5.74) is 2.79. The van der Waals surface area contributed by atoms with Gasteiger partial charge in [-0.3, -0.25) is 9.59 Å². The number of furan rings is 1. The van der Waals surface area contributed by atoms with Crippen molar-refractivity contribution in [3.63, 3.8) is 0 Å². The molecule has 3 rings (SSSR count). The molecule has 0 aliphatic heterocycles. The van der Waals surface area contributed by atoms with Crippen molar-refractivity contribution in [2.24, 2.45) is 0 Å². The molecule has 2 aromatic carbocycles. The molecule has 0 saturated carbocycles. The number of hydrogen-bond acceptors (Lipinski definition) is 4. The third kappa shape index (κ3) is 6.81. The first-order valence-electron chi connectivity index (χ1n) is 10.00. The number of anilines is 1. The lowest BCUT2D eigenvalue weighted by Crippen LogP contribution is -2.22. The summed E-state index contributed by atoms with van der Waals surface area (Å²) in [6, 6.07) is 18.5. The van der Waals surface area contributed by atoms with Crippen molar-refractivity contribution in [1.82, 2.24) is 5.32 Å². The van der Waals surface area contributed by atoms with Gasteiger partial charge in [-0.2, -0.15) is 0 Å². The summed E-state index contributed by atoms with van der Waals surface area (Å²) in [6.07, 6.45) is 3.52. The van der Waals surface area contributed by atoms with Crippen LogP contribution in [-0.2, 0) is 11.3 Å². The van der Waals surface area contributed by atoms with E-state index in [-0.39, 0.29) is 17.6 Å². The Morgan fingerprint density at radius 1 is 1.00 bits per heavy atom. The van der Waals surface area contributed by atoms with Gasteiger partial charge in [0.1, 0.15) is 5.75 Å². The van der Waals surface area contributed by atoms with Gasteiger partial charge in [0.05, 0.1) is 12.9 Å². The van der Waals surface area contributed by atoms with Crippen molar-refractivity contribution in [2.45, 2.75) is 32.7 Å². The fraction of sp³-hybridized carbons (Fsp3) is 0.250. The minimum absolute atomic E-state index is 0.0146. The van der Waals surface area contributed by atoms with Gasteiger partial charge >= 0.3 is 0 Å². The molecule has 0 radical (unpaired) electrons. The van der Waals surface area contributed by atoms with Gasteiger partial charge in [-0.25, -0.2) is 0 Å². The van der Waals surface area contributed by atoms with Gasteiger partial charge in [0.15, 0.2) is 5.76 Å². The molecule has 2 amide bonds. The van der Waals surface area contributed by atoms with Gasteiger partial charge in [0.2, 0.25) is 5.91 Å². The quantitative estimate of drug-likeness (QED) is 0.478. The van der Waals surface area contributed by atoms with E-state index in [1.807, 2.05) is 43.3 Å². The van der Waals surface area contributed by atoms with E-state index in [0.717, 1.165) is 24.2 Å². The highest BCUT2D eigenvalue weighted by atomic mass is 16.5. The first-order chi connectivity index (χ1) is 14.6. The Kier molecular flexibility index (Phi) is 7.66. The second kappa shape index (κ2) is 10.9. The van der Waals surface area contributed by atoms with Crippen LogP contribution in [-0.4, -0.2) is 18.4 Å². The average Bonchev–Trinajstić information content (AvgIpc) is 3.28. The molecule has 6 heteroatoms. The first kappa shape index (κ1) is 21.2.